The second-order valence-electron chi connectivity index (χ2n) is 5.78. The summed E-state index contributed by atoms with van der Waals surface area (Å²) in [6, 6.07) is 7.57. The van der Waals surface area contributed by atoms with Crippen LogP contribution in [0.2, 0.25) is 0 Å². The van der Waals surface area contributed by atoms with Crippen molar-refractivity contribution < 1.29 is 4.74 Å². The van der Waals surface area contributed by atoms with E-state index in [-0.39, 0.29) is 0 Å². The number of rotatable bonds is 4. The van der Waals surface area contributed by atoms with Crippen LogP contribution >= 0.6 is 45.2 Å². The van der Waals surface area contributed by atoms with Crippen LogP contribution in [-0.4, -0.2) is 21.6 Å². The Kier molecular flexibility index (Phi) is 8.03. The van der Waals surface area contributed by atoms with E-state index in [2.05, 4.69) is 90.4 Å². The van der Waals surface area contributed by atoms with Crippen molar-refractivity contribution in [3.8, 4) is 29.4 Å². The lowest BCUT2D eigenvalue weighted by molar-refractivity contribution is 0.324. The molecule has 4 nitrogen and oxygen atoms in total. The lowest BCUT2D eigenvalue weighted by Gasteiger charge is -2.05. The van der Waals surface area contributed by atoms with Gasteiger partial charge in [0.15, 0.2) is 0 Å². The molecule has 0 aliphatic carbocycles. The second kappa shape index (κ2) is 10.9. The molecule has 0 bridgehead atoms. The van der Waals surface area contributed by atoms with Gasteiger partial charge in [-0.1, -0.05) is 17.9 Å². The zero-order chi connectivity index (χ0) is 20.5. The smallest absolute Gasteiger partial charge is 0.124 e. The summed E-state index contributed by atoms with van der Waals surface area (Å²) in [5.41, 5.74) is 2.83. The summed E-state index contributed by atoms with van der Waals surface area (Å²) >= 11 is 4.42. The van der Waals surface area contributed by atoms with E-state index in [1.165, 1.54) is 0 Å². The molecule has 3 aromatic heterocycles. The molecule has 0 unspecified atom stereocenters. The summed E-state index contributed by atoms with van der Waals surface area (Å²) in [5.74, 6) is 13.0. The first-order valence-electron chi connectivity index (χ1n) is 8.63. The standard InChI is InChI=1S/C23H15I2N3O/c1-2-3-8-29-23-11-21(6-4-17-9-19(24)15-26-13-17)28-22(12-23)7-5-18-10-20(25)16-27-14-18/h2,9-16H,1,3,8H2. The van der Waals surface area contributed by atoms with Gasteiger partial charge < -0.3 is 4.74 Å². The maximum atomic E-state index is 5.80. The molecule has 142 valence electrons. The van der Waals surface area contributed by atoms with Gasteiger partial charge in [0, 0.05) is 55.2 Å². The predicted octanol–water partition coefficient (Wildman–Crippen LogP) is 4.84. The van der Waals surface area contributed by atoms with E-state index in [4.69, 9.17) is 4.74 Å². The lowest BCUT2D eigenvalue weighted by Crippen LogP contribution is -1.98. The van der Waals surface area contributed by atoms with Gasteiger partial charge in [0.25, 0.3) is 0 Å². The third kappa shape index (κ3) is 7.15. The van der Waals surface area contributed by atoms with Gasteiger partial charge >= 0.3 is 0 Å². The monoisotopic (exact) mass is 603 g/mol. The van der Waals surface area contributed by atoms with Gasteiger partial charge in [-0.25, -0.2) is 4.98 Å². The average Bonchev–Trinajstić information content (AvgIpc) is 2.71. The van der Waals surface area contributed by atoms with Crippen LogP contribution in [0.5, 0.6) is 5.75 Å². The number of halogens is 2. The second-order valence-corrected chi connectivity index (χ2v) is 8.27. The van der Waals surface area contributed by atoms with E-state index in [0.717, 1.165) is 24.7 Å². The number of hydrogen-bond acceptors (Lipinski definition) is 4. The summed E-state index contributed by atoms with van der Waals surface area (Å²) in [7, 11) is 0. The lowest BCUT2D eigenvalue weighted by atomic mass is 10.2. The summed E-state index contributed by atoms with van der Waals surface area (Å²) in [4.78, 5) is 12.9. The first-order chi connectivity index (χ1) is 14.1. The molecule has 0 spiro atoms. The number of ether oxygens (including phenoxy) is 1. The van der Waals surface area contributed by atoms with Crippen molar-refractivity contribution in [2.45, 2.75) is 6.42 Å². The summed E-state index contributed by atoms with van der Waals surface area (Å²) in [5, 5.41) is 0. The quantitative estimate of drug-likeness (QED) is 0.186. The molecule has 0 saturated heterocycles. The van der Waals surface area contributed by atoms with Crippen LogP contribution in [0, 0.1) is 30.8 Å². The van der Waals surface area contributed by atoms with Crippen molar-refractivity contribution in [3.63, 3.8) is 0 Å². The van der Waals surface area contributed by atoms with Crippen LogP contribution in [0.15, 0.2) is 61.7 Å². The average molecular weight is 603 g/mol. The predicted molar refractivity (Wildman–Crippen MR) is 130 cm³/mol. The molecular weight excluding hydrogens is 588 g/mol. The van der Waals surface area contributed by atoms with Gasteiger partial charge in [-0.05, 0) is 75.6 Å². The van der Waals surface area contributed by atoms with E-state index in [1.807, 2.05) is 30.3 Å². The minimum atomic E-state index is 0.537. The Morgan fingerprint density at radius 3 is 1.86 bits per heavy atom. The minimum absolute atomic E-state index is 0.537. The normalized spacial score (nSPS) is 9.59. The summed E-state index contributed by atoms with van der Waals surface area (Å²) in [6.45, 7) is 4.25. The van der Waals surface area contributed by atoms with E-state index in [1.54, 1.807) is 24.8 Å². The molecule has 0 radical (unpaired) electrons. The number of aromatic nitrogens is 3. The Morgan fingerprint density at radius 2 is 1.38 bits per heavy atom. The van der Waals surface area contributed by atoms with Gasteiger partial charge in [0.1, 0.15) is 17.1 Å². The molecule has 29 heavy (non-hydrogen) atoms. The van der Waals surface area contributed by atoms with Gasteiger partial charge in [-0.15, -0.1) is 6.58 Å². The molecule has 0 saturated carbocycles. The summed E-state index contributed by atoms with van der Waals surface area (Å²) in [6.07, 6.45) is 9.59. The van der Waals surface area contributed by atoms with Crippen LogP contribution in [0.1, 0.15) is 28.9 Å². The van der Waals surface area contributed by atoms with Gasteiger partial charge in [0.2, 0.25) is 0 Å². The van der Waals surface area contributed by atoms with Gasteiger partial charge in [-0.2, -0.15) is 0 Å². The minimum Gasteiger partial charge on any atom is -0.493 e. The van der Waals surface area contributed by atoms with E-state index < -0.39 is 0 Å². The molecule has 6 heteroatoms. The molecule has 0 aliphatic heterocycles. The Morgan fingerprint density at radius 1 is 0.828 bits per heavy atom. The fourth-order valence-electron chi connectivity index (χ4n) is 2.21. The largest absolute Gasteiger partial charge is 0.493 e. The molecule has 0 aromatic carbocycles. The first-order valence-corrected chi connectivity index (χ1v) is 10.8. The number of pyridine rings is 3. The highest BCUT2D eigenvalue weighted by molar-refractivity contribution is 14.1. The summed E-state index contributed by atoms with van der Waals surface area (Å²) < 4.78 is 7.85. The van der Waals surface area contributed by atoms with Crippen molar-refractivity contribution in [2.24, 2.45) is 0 Å². The molecule has 0 amide bonds. The zero-order valence-corrected chi connectivity index (χ0v) is 19.6. The van der Waals surface area contributed by atoms with Crippen molar-refractivity contribution in [2.75, 3.05) is 6.61 Å². The maximum absolute atomic E-state index is 5.80. The fourth-order valence-corrected chi connectivity index (χ4v) is 3.20. The molecule has 3 aromatic rings. The first kappa shape index (κ1) is 21.3. The van der Waals surface area contributed by atoms with Crippen molar-refractivity contribution in [1.29, 1.82) is 0 Å². The van der Waals surface area contributed by atoms with E-state index in [9.17, 15) is 0 Å². The number of nitrogens with zero attached hydrogens (tertiary/aromatic N) is 3. The fraction of sp³-hybridized carbons (Fsp3) is 0.0870. The highest BCUT2D eigenvalue weighted by atomic mass is 127. The highest BCUT2D eigenvalue weighted by Crippen LogP contribution is 2.15. The molecule has 0 aliphatic rings. The van der Waals surface area contributed by atoms with E-state index >= 15 is 0 Å². The zero-order valence-electron chi connectivity index (χ0n) is 15.3. The molecule has 0 fully saturated rings. The van der Waals surface area contributed by atoms with Crippen molar-refractivity contribution in [1.82, 2.24) is 15.0 Å². The SMILES string of the molecule is C=CCCOc1cc(C#Cc2cncc(I)c2)nc(C#Cc2cncc(I)c2)c1. The highest BCUT2D eigenvalue weighted by Gasteiger charge is 2.02. The van der Waals surface area contributed by atoms with Crippen molar-refractivity contribution >= 4 is 45.2 Å². The van der Waals surface area contributed by atoms with Crippen LogP contribution in [0.3, 0.4) is 0 Å². The van der Waals surface area contributed by atoms with Crippen LogP contribution in [0.4, 0.5) is 0 Å². The molecule has 0 atom stereocenters. The molecular formula is C23H15I2N3O. The van der Waals surface area contributed by atoms with Crippen molar-refractivity contribution in [3.05, 3.63) is 91.4 Å². The third-order valence-corrected chi connectivity index (χ3v) is 4.65. The topological polar surface area (TPSA) is 47.9 Å². The number of hydrogen-bond donors (Lipinski definition) is 0. The molecule has 3 heterocycles. The van der Waals surface area contributed by atoms with Gasteiger partial charge in [0.05, 0.1) is 6.61 Å². The maximum Gasteiger partial charge on any atom is 0.124 e. The molecule has 0 N–H and O–H groups in total. The van der Waals surface area contributed by atoms with Gasteiger partial charge in [-0.3, -0.25) is 9.97 Å². The Labute approximate surface area is 197 Å². The Balaban J connectivity index is 1.92. The van der Waals surface area contributed by atoms with Crippen LogP contribution < -0.4 is 4.74 Å². The van der Waals surface area contributed by atoms with Crippen LogP contribution in [0.25, 0.3) is 0 Å². The Hall–Kier alpha value is -2.43. The third-order valence-electron chi connectivity index (χ3n) is 3.47. The molecule has 3 rings (SSSR count). The van der Waals surface area contributed by atoms with E-state index in [0.29, 0.717) is 23.7 Å². The Bertz CT molecular complexity index is 1070. The van der Waals surface area contributed by atoms with Crippen LogP contribution in [-0.2, 0) is 0 Å².